The van der Waals surface area contributed by atoms with Crippen LogP contribution in [0.1, 0.15) is 42.3 Å². The molecular formula is C21H32N6O2. The molecule has 0 saturated carbocycles. The molecule has 29 heavy (non-hydrogen) atoms. The lowest BCUT2D eigenvalue weighted by Crippen LogP contribution is -2.53. The number of aryl methyl sites for hydroxylation is 3. The molecule has 0 aliphatic carbocycles. The fourth-order valence-corrected chi connectivity index (χ4v) is 4.60. The molecule has 0 aromatic carbocycles. The van der Waals surface area contributed by atoms with Crippen molar-refractivity contribution in [3.05, 3.63) is 35.4 Å². The van der Waals surface area contributed by atoms with Gasteiger partial charge in [-0.05, 0) is 45.8 Å². The number of carbonyl (C=O) groups is 1. The van der Waals surface area contributed by atoms with Crippen LogP contribution in [0.2, 0.25) is 0 Å². The van der Waals surface area contributed by atoms with E-state index < -0.39 is 0 Å². The second-order valence-corrected chi connectivity index (χ2v) is 8.33. The van der Waals surface area contributed by atoms with Crippen molar-refractivity contribution in [1.29, 1.82) is 0 Å². The van der Waals surface area contributed by atoms with Crippen molar-refractivity contribution in [1.82, 2.24) is 29.4 Å². The summed E-state index contributed by atoms with van der Waals surface area (Å²) in [5.74, 6) is 0.0806. The average Bonchev–Trinajstić information content (AvgIpc) is 3.27. The lowest BCUT2D eigenvalue weighted by Gasteiger charge is -2.43. The van der Waals surface area contributed by atoms with E-state index in [1.54, 1.807) is 9.36 Å². The van der Waals surface area contributed by atoms with Gasteiger partial charge in [-0.15, -0.1) is 0 Å². The summed E-state index contributed by atoms with van der Waals surface area (Å²) in [6.07, 6.45) is 7.62. The van der Waals surface area contributed by atoms with Gasteiger partial charge in [-0.3, -0.25) is 14.2 Å². The van der Waals surface area contributed by atoms with Crippen LogP contribution >= 0.6 is 0 Å². The Morgan fingerprint density at radius 3 is 2.66 bits per heavy atom. The Labute approximate surface area is 172 Å². The van der Waals surface area contributed by atoms with Crippen molar-refractivity contribution in [2.24, 2.45) is 7.05 Å². The van der Waals surface area contributed by atoms with E-state index in [1.807, 2.05) is 44.3 Å². The SMILES string of the molecule is Cc1cc(C)n(CC(=O)N2CCO[C@@H](CN3CCCCC3)[C@@H]2c2cnn(C)c2)n1. The van der Waals surface area contributed by atoms with Gasteiger partial charge in [0.1, 0.15) is 6.54 Å². The largest absolute Gasteiger partial charge is 0.373 e. The van der Waals surface area contributed by atoms with Crippen molar-refractivity contribution in [3.8, 4) is 0 Å². The van der Waals surface area contributed by atoms with E-state index in [9.17, 15) is 4.79 Å². The van der Waals surface area contributed by atoms with Crippen LogP contribution in [-0.4, -0.2) is 74.2 Å². The first-order chi connectivity index (χ1) is 14.0. The molecule has 0 bridgehead atoms. The van der Waals surface area contributed by atoms with Crippen LogP contribution in [0.3, 0.4) is 0 Å². The van der Waals surface area contributed by atoms with Crippen LogP contribution in [0.5, 0.6) is 0 Å². The molecule has 0 spiro atoms. The summed E-state index contributed by atoms with van der Waals surface area (Å²) in [6.45, 7) is 8.43. The van der Waals surface area contributed by atoms with E-state index in [4.69, 9.17) is 4.74 Å². The molecule has 2 aliphatic rings. The molecule has 1 amide bonds. The Bertz CT molecular complexity index is 838. The molecule has 2 saturated heterocycles. The number of hydrogen-bond donors (Lipinski definition) is 0. The quantitative estimate of drug-likeness (QED) is 0.764. The van der Waals surface area contributed by atoms with Crippen molar-refractivity contribution in [2.45, 2.75) is 51.8 Å². The maximum Gasteiger partial charge on any atom is 0.245 e. The van der Waals surface area contributed by atoms with Gasteiger partial charge in [-0.1, -0.05) is 6.42 Å². The zero-order chi connectivity index (χ0) is 20.4. The van der Waals surface area contributed by atoms with Gasteiger partial charge in [0.25, 0.3) is 0 Å². The normalized spacial score (nSPS) is 23.5. The molecule has 2 atom stereocenters. The Kier molecular flexibility index (Phi) is 6.01. The van der Waals surface area contributed by atoms with Gasteiger partial charge in [-0.2, -0.15) is 10.2 Å². The number of amides is 1. The van der Waals surface area contributed by atoms with Gasteiger partial charge in [0, 0.05) is 37.6 Å². The number of carbonyl (C=O) groups excluding carboxylic acids is 1. The van der Waals surface area contributed by atoms with E-state index in [0.717, 1.165) is 36.6 Å². The summed E-state index contributed by atoms with van der Waals surface area (Å²) in [7, 11) is 1.91. The van der Waals surface area contributed by atoms with E-state index in [-0.39, 0.29) is 24.6 Å². The van der Waals surface area contributed by atoms with Crippen LogP contribution < -0.4 is 0 Å². The molecule has 2 aliphatic heterocycles. The minimum atomic E-state index is -0.121. The minimum absolute atomic E-state index is 0.0459. The zero-order valence-corrected chi connectivity index (χ0v) is 17.8. The predicted octanol–water partition coefficient (Wildman–Crippen LogP) is 1.69. The zero-order valence-electron chi connectivity index (χ0n) is 17.8. The summed E-state index contributed by atoms with van der Waals surface area (Å²) in [4.78, 5) is 17.8. The van der Waals surface area contributed by atoms with Gasteiger partial charge in [0.2, 0.25) is 5.91 Å². The minimum Gasteiger partial charge on any atom is -0.373 e. The van der Waals surface area contributed by atoms with Crippen molar-refractivity contribution in [3.63, 3.8) is 0 Å². The van der Waals surface area contributed by atoms with Gasteiger partial charge >= 0.3 is 0 Å². The molecule has 2 aromatic rings. The number of aromatic nitrogens is 4. The Hall–Kier alpha value is -2.19. The molecule has 8 heteroatoms. The van der Waals surface area contributed by atoms with Crippen LogP contribution in [-0.2, 0) is 23.1 Å². The van der Waals surface area contributed by atoms with Crippen LogP contribution in [0.25, 0.3) is 0 Å². The molecule has 0 N–H and O–H groups in total. The summed E-state index contributed by atoms with van der Waals surface area (Å²) >= 11 is 0. The second kappa shape index (κ2) is 8.67. The number of rotatable bonds is 5. The number of nitrogens with zero attached hydrogens (tertiary/aromatic N) is 6. The number of ether oxygens (including phenoxy) is 1. The monoisotopic (exact) mass is 400 g/mol. The highest BCUT2D eigenvalue weighted by Crippen LogP contribution is 2.31. The average molecular weight is 401 g/mol. The first kappa shape index (κ1) is 20.1. The smallest absolute Gasteiger partial charge is 0.245 e. The van der Waals surface area contributed by atoms with Crippen LogP contribution in [0.4, 0.5) is 0 Å². The van der Waals surface area contributed by atoms with Crippen LogP contribution in [0.15, 0.2) is 18.5 Å². The maximum atomic E-state index is 13.3. The van der Waals surface area contributed by atoms with Gasteiger partial charge in [-0.25, -0.2) is 0 Å². The third-order valence-corrected chi connectivity index (χ3v) is 6.01. The number of morpholine rings is 1. The third-order valence-electron chi connectivity index (χ3n) is 6.01. The Morgan fingerprint density at radius 2 is 2.00 bits per heavy atom. The summed E-state index contributed by atoms with van der Waals surface area (Å²) in [6, 6.07) is 1.88. The highest BCUT2D eigenvalue weighted by molar-refractivity contribution is 5.76. The third kappa shape index (κ3) is 4.53. The molecule has 4 heterocycles. The second-order valence-electron chi connectivity index (χ2n) is 8.33. The number of hydrogen-bond acceptors (Lipinski definition) is 5. The summed E-state index contributed by atoms with van der Waals surface area (Å²) < 4.78 is 9.82. The molecule has 8 nitrogen and oxygen atoms in total. The first-order valence-corrected chi connectivity index (χ1v) is 10.6. The topological polar surface area (TPSA) is 68.4 Å². The summed E-state index contributed by atoms with van der Waals surface area (Å²) in [5.41, 5.74) is 2.98. The van der Waals surface area contributed by atoms with E-state index in [1.165, 1.54) is 19.3 Å². The van der Waals surface area contributed by atoms with Crippen molar-refractivity contribution >= 4 is 5.91 Å². The van der Waals surface area contributed by atoms with Crippen LogP contribution in [0, 0.1) is 13.8 Å². The maximum absolute atomic E-state index is 13.3. The van der Waals surface area contributed by atoms with E-state index >= 15 is 0 Å². The number of piperidine rings is 1. The Balaban J connectivity index is 1.56. The highest BCUT2D eigenvalue weighted by Gasteiger charge is 2.38. The fraction of sp³-hybridized carbons (Fsp3) is 0.667. The fourth-order valence-electron chi connectivity index (χ4n) is 4.60. The van der Waals surface area contributed by atoms with Crippen molar-refractivity contribution in [2.75, 3.05) is 32.8 Å². The standard InChI is InChI=1S/C21H32N6O2/c1-16-11-17(2)27(23-16)15-20(28)26-9-10-29-19(14-25-7-5-4-6-8-25)21(26)18-12-22-24(3)13-18/h11-13,19,21H,4-10,14-15H2,1-3H3/t19-,21-/m0/s1. The first-order valence-electron chi connectivity index (χ1n) is 10.6. The van der Waals surface area contributed by atoms with Gasteiger partial charge in [0.15, 0.2) is 0 Å². The lowest BCUT2D eigenvalue weighted by molar-refractivity contribution is -0.149. The van der Waals surface area contributed by atoms with E-state index in [0.29, 0.717) is 13.2 Å². The van der Waals surface area contributed by atoms with E-state index in [2.05, 4.69) is 15.1 Å². The lowest BCUT2D eigenvalue weighted by atomic mass is 9.99. The number of likely N-dealkylation sites (tertiary alicyclic amines) is 1. The van der Waals surface area contributed by atoms with Gasteiger partial charge in [0.05, 0.1) is 30.6 Å². The molecule has 158 valence electrons. The Morgan fingerprint density at radius 1 is 1.21 bits per heavy atom. The summed E-state index contributed by atoms with van der Waals surface area (Å²) in [5, 5.41) is 8.83. The van der Waals surface area contributed by atoms with Crippen molar-refractivity contribution < 1.29 is 9.53 Å². The highest BCUT2D eigenvalue weighted by atomic mass is 16.5. The molecule has 0 unspecified atom stereocenters. The molecular weight excluding hydrogens is 368 g/mol. The van der Waals surface area contributed by atoms with Gasteiger partial charge < -0.3 is 14.5 Å². The molecule has 2 fully saturated rings. The molecule has 2 aromatic heterocycles. The molecule has 0 radical (unpaired) electrons. The predicted molar refractivity (Wildman–Crippen MR) is 109 cm³/mol. The molecule has 4 rings (SSSR count).